The van der Waals surface area contributed by atoms with Crippen molar-refractivity contribution in [2.75, 3.05) is 0 Å². The van der Waals surface area contributed by atoms with Crippen molar-refractivity contribution in [2.45, 2.75) is 52.7 Å². The average molecular weight is 415 g/mol. The molecule has 0 aliphatic heterocycles. The van der Waals surface area contributed by atoms with E-state index in [-0.39, 0.29) is 6.61 Å². The van der Waals surface area contributed by atoms with Crippen molar-refractivity contribution in [3.8, 4) is 17.3 Å². The highest BCUT2D eigenvalue weighted by molar-refractivity contribution is 5.59. The van der Waals surface area contributed by atoms with Crippen LogP contribution in [0.4, 0.5) is 0 Å². The lowest BCUT2D eigenvalue weighted by atomic mass is 9.92. The molecule has 2 aromatic heterocycles. The van der Waals surface area contributed by atoms with Crippen LogP contribution in [-0.4, -0.2) is 24.2 Å². The fourth-order valence-corrected chi connectivity index (χ4v) is 4.05. The average Bonchev–Trinajstić information content (AvgIpc) is 3.40. The lowest BCUT2D eigenvalue weighted by molar-refractivity contribution is 0.277. The summed E-state index contributed by atoms with van der Waals surface area (Å²) >= 11 is 0. The van der Waals surface area contributed by atoms with Gasteiger partial charge in [0.25, 0.3) is 0 Å². The number of para-hydroxylation sites is 1. The van der Waals surface area contributed by atoms with Crippen molar-refractivity contribution in [1.82, 2.24) is 19.1 Å². The molecule has 2 heterocycles. The van der Waals surface area contributed by atoms with E-state index in [1.54, 1.807) is 0 Å². The molecular weight excluding hydrogens is 384 g/mol. The SMILES string of the molecule is CC(C)c1cccc(C(C)C)c1-n1cc(CO)nc1-c1nccn1Cc1ccccc1. The Bertz CT molecular complexity index is 1130. The van der Waals surface area contributed by atoms with Crippen LogP contribution < -0.4 is 0 Å². The molecule has 0 saturated carbocycles. The van der Waals surface area contributed by atoms with Gasteiger partial charge in [-0.25, -0.2) is 9.97 Å². The molecule has 0 spiro atoms. The molecular formula is C26H30N4O. The third kappa shape index (κ3) is 4.19. The van der Waals surface area contributed by atoms with Crippen molar-refractivity contribution >= 4 is 0 Å². The number of aliphatic hydroxyl groups excluding tert-OH is 1. The summed E-state index contributed by atoms with van der Waals surface area (Å²) in [6.07, 6.45) is 5.75. The van der Waals surface area contributed by atoms with Crippen LogP contribution in [0.3, 0.4) is 0 Å². The maximum atomic E-state index is 9.88. The molecule has 0 aliphatic rings. The Morgan fingerprint density at radius 3 is 2.16 bits per heavy atom. The fraction of sp³-hybridized carbons (Fsp3) is 0.308. The smallest absolute Gasteiger partial charge is 0.181 e. The molecule has 1 N–H and O–H groups in total. The quantitative estimate of drug-likeness (QED) is 0.433. The topological polar surface area (TPSA) is 55.9 Å². The summed E-state index contributed by atoms with van der Waals surface area (Å²) in [5.41, 5.74) is 5.50. The highest BCUT2D eigenvalue weighted by atomic mass is 16.3. The van der Waals surface area contributed by atoms with E-state index in [9.17, 15) is 5.11 Å². The molecule has 2 aromatic carbocycles. The molecule has 4 aromatic rings. The highest BCUT2D eigenvalue weighted by Gasteiger charge is 2.22. The van der Waals surface area contributed by atoms with E-state index in [1.807, 2.05) is 36.8 Å². The van der Waals surface area contributed by atoms with Gasteiger partial charge in [-0.2, -0.15) is 0 Å². The number of hydrogen-bond donors (Lipinski definition) is 1. The highest BCUT2D eigenvalue weighted by Crippen LogP contribution is 2.34. The molecule has 5 nitrogen and oxygen atoms in total. The van der Waals surface area contributed by atoms with Crippen molar-refractivity contribution in [1.29, 1.82) is 0 Å². The third-order valence-electron chi connectivity index (χ3n) is 5.61. The summed E-state index contributed by atoms with van der Waals surface area (Å²) in [5.74, 6) is 2.24. The van der Waals surface area contributed by atoms with E-state index < -0.39 is 0 Å². The summed E-state index contributed by atoms with van der Waals surface area (Å²) in [4.78, 5) is 9.44. The monoisotopic (exact) mass is 414 g/mol. The Labute approximate surface area is 184 Å². The van der Waals surface area contributed by atoms with Crippen molar-refractivity contribution < 1.29 is 5.11 Å². The largest absolute Gasteiger partial charge is 0.390 e. The number of nitrogens with zero attached hydrogens (tertiary/aromatic N) is 4. The summed E-state index contributed by atoms with van der Waals surface area (Å²) in [6, 6.07) is 16.8. The molecule has 0 unspecified atom stereocenters. The minimum absolute atomic E-state index is 0.111. The maximum Gasteiger partial charge on any atom is 0.181 e. The van der Waals surface area contributed by atoms with E-state index in [4.69, 9.17) is 4.98 Å². The number of benzene rings is 2. The van der Waals surface area contributed by atoms with Gasteiger partial charge in [0.15, 0.2) is 11.6 Å². The second kappa shape index (κ2) is 8.90. The van der Waals surface area contributed by atoms with Gasteiger partial charge in [0.05, 0.1) is 18.0 Å². The first kappa shape index (κ1) is 21.1. The molecule has 0 aliphatic carbocycles. The van der Waals surface area contributed by atoms with Crippen molar-refractivity contribution in [2.24, 2.45) is 0 Å². The Hall–Kier alpha value is -3.18. The number of imidazole rings is 2. The van der Waals surface area contributed by atoms with Crippen LogP contribution >= 0.6 is 0 Å². The summed E-state index contributed by atoms with van der Waals surface area (Å²) in [7, 11) is 0. The molecule has 0 saturated heterocycles. The van der Waals surface area contributed by atoms with Crippen LogP contribution in [0.2, 0.25) is 0 Å². The first-order valence-electron chi connectivity index (χ1n) is 10.9. The van der Waals surface area contributed by atoms with E-state index in [0.717, 1.165) is 17.3 Å². The normalized spacial score (nSPS) is 11.6. The second-order valence-corrected chi connectivity index (χ2v) is 8.54. The molecule has 4 rings (SSSR count). The number of hydrogen-bond acceptors (Lipinski definition) is 3. The minimum atomic E-state index is -0.111. The first-order valence-corrected chi connectivity index (χ1v) is 10.9. The zero-order chi connectivity index (χ0) is 22.0. The third-order valence-corrected chi connectivity index (χ3v) is 5.61. The van der Waals surface area contributed by atoms with Crippen LogP contribution in [0.15, 0.2) is 67.1 Å². The number of aromatic nitrogens is 4. The standard InChI is InChI=1S/C26H30N4O/c1-18(2)22-11-8-12-23(19(3)4)24(22)30-16-21(17-31)28-26(30)25-27-13-14-29(25)15-20-9-6-5-7-10-20/h5-14,16,18-19,31H,15,17H2,1-4H3. The molecule has 0 radical (unpaired) electrons. The van der Waals surface area contributed by atoms with Crippen LogP contribution in [0.25, 0.3) is 17.3 Å². The van der Waals surface area contributed by atoms with E-state index >= 15 is 0 Å². The van der Waals surface area contributed by atoms with Gasteiger partial charge in [0.2, 0.25) is 0 Å². The minimum Gasteiger partial charge on any atom is -0.390 e. The van der Waals surface area contributed by atoms with Gasteiger partial charge in [0, 0.05) is 25.1 Å². The van der Waals surface area contributed by atoms with Gasteiger partial charge in [-0.05, 0) is 28.5 Å². The van der Waals surface area contributed by atoms with E-state index in [1.165, 1.54) is 16.7 Å². The van der Waals surface area contributed by atoms with Crippen LogP contribution in [0.1, 0.15) is 61.9 Å². The van der Waals surface area contributed by atoms with Gasteiger partial charge in [-0.1, -0.05) is 76.2 Å². The summed E-state index contributed by atoms with van der Waals surface area (Å²) < 4.78 is 4.24. The Kier molecular flexibility index (Phi) is 6.05. The maximum absolute atomic E-state index is 9.88. The zero-order valence-electron chi connectivity index (χ0n) is 18.7. The number of rotatable bonds is 7. The Balaban J connectivity index is 1.91. The van der Waals surface area contributed by atoms with Gasteiger partial charge < -0.3 is 9.67 Å². The van der Waals surface area contributed by atoms with Crippen LogP contribution in [-0.2, 0) is 13.2 Å². The van der Waals surface area contributed by atoms with Crippen LogP contribution in [0.5, 0.6) is 0 Å². The van der Waals surface area contributed by atoms with Crippen molar-refractivity contribution in [3.63, 3.8) is 0 Å². The lowest BCUT2D eigenvalue weighted by Gasteiger charge is -2.21. The molecule has 0 fully saturated rings. The predicted molar refractivity (Wildman–Crippen MR) is 124 cm³/mol. The lowest BCUT2D eigenvalue weighted by Crippen LogP contribution is -2.10. The molecule has 0 bridgehead atoms. The first-order chi connectivity index (χ1) is 15.0. The molecule has 0 atom stereocenters. The molecule has 160 valence electrons. The van der Waals surface area contributed by atoms with Crippen molar-refractivity contribution in [3.05, 3.63) is 89.5 Å². The van der Waals surface area contributed by atoms with E-state index in [2.05, 4.69) is 72.1 Å². The summed E-state index contributed by atoms with van der Waals surface area (Å²) in [6.45, 7) is 9.44. The Morgan fingerprint density at radius 2 is 1.55 bits per heavy atom. The fourth-order valence-electron chi connectivity index (χ4n) is 4.05. The van der Waals surface area contributed by atoms with Gasteiger partial charge in [0.1, 0.15) is 0 Å². The second-order valence-electron chi connectivity index (χ2n) is 8.54. The predicted octanol–water partition coefficient (Wildman–Crippen LogP) is 5.52. The Morgan fingerprint density at radius 1 is 0.871 bits per heavy atom. The number of aliphatic hydroxyl groups is 1. The van der Waals surface area contributed by atoms with Gasteiger partial charge >= 0.3 is 0 Å². The van der Waals surface area contributed by atoms with Crippen LogP contribution in [0, 0.1) is 0 Å². The molecule has 31 heavy (non-hydrogen) atoms. The van der Waals surface area contributed by atoms with E-state index in [0.29, 0.717) is 24.1 Å². The zero-order valence-corrected chi connectivity index (χ0v) is 18.7. The molecule has 5 heteroatoms. The summed E-state index contributed by atoms with van der Waals surface area (Å²) in [5, 5.41) is 9.88. The molecule has 0 amide bonds. The van der Waals surface area contributed by atoms with Gasteiger partial charge in [-0.3, -0.25) is 4.57 Å². The van der Waals surface area contributed by atoms with Gasteiger partial charge in [-0.15, -0.1) is 0 Å².